The Balaban J connectivity index is -0.0000000179. The summed E-state index contributed by atoms with van der Waals surface area (Å²) < 4.78 is 0. The van der Waals surface area contributed by atoms with Crippen LogP contribution in [0.4, 0.5) is 0 Å². The van der Waals surface area contributed by atoms with Crippen molar-refractivity contribution in [2.75, 3.05) is 0 Å². The van der Waals surface area contributed by atoms with E-state index in [1.165, 1.54) is 51.4 Å². The highest BCUT2D eigenvalue weighted by molar-refractivity contribution is 3.94. The Morgan fingerprint density at radius 2 is 0.192 bits per heavy atom. The molecule has 0 heterocycles. The zero-order valence-corrected chi connectivity index (χ0v) is 23.7. The fraction of sp³-hybridized carbons (Fsp3) is 1.00. The molecular formula is C26H70. The molecule has 0 N–H and O–H groups in total. The highest BCUT2D eigenvalue weighted by atomic mass is 13.4. The number of rotatable bonds is 0. The SMILES string of the molecule is CC.CCC.CCC.CCC.CCC.CCC.CCC.CCC.CCC. The monoisotopic (exact) mass is 383 g/mol. The van der Waals surface area contributed by atoms with E-state index in [4.69, 9.17) is 0 Å². The van der Waals surface area contributed by atoms with Crippen LogP contribution in [0.1, 0.15) is 176 Å². The predicted molar refractivity (Wildman–Crippen MR) is 139 cm³/mol. The molecule has 0 radical (unpaired) electrons. The summed E-state index contributed by atoms with van der Waals surface area (Å²) in [4.78, 5) is 0. The largest absolute Gasteiger partial charge is 0.0683 e. The average molecular weight is 383 g/mol. The van der Waals surface area contributed by atoms with Gasteiger partial charge in [0.2, 0.25) is 0 Å². The van der Waals surface area contributed by atoms with Gasteiger partial charge in [0, 0.05) is 0 Å². The molecule has 0 saturated heterocycles. The molecule has 0 aliphatic heterocycles. The van der Waals surface area contributed by atoms with Crippen molar-refractivity contribution in [2.24, 2.45) is 0 Å². The van der Waals surface area contributed by atoms with E-state index in [0.29, 0.717) is 0 Å². The van der Waals surface area contributed by atoms with Crippen LogP contribution in [0.3, 0.4) is 0 Å². The Hall–Kier alpha value is 0. The van der Waals surface area contributed by atoms with E-state index in [1.54, 1.807) is 0 Å². The molecule has 0 rings (SSSR count). The molecule has 0 aromatic rings. The first-order valence-electron chi connectivity index (χ1n) is 12.3. The average Bonchev–Trinajstić information content (AvgIpc) is 2.55. The second kappa shape index (κ2) is 225. The lowest BCUT2D eigenvalue weighted by Gasteiger charge is -1.48. The molecule has 0 unspecified atom stereocenters. The van der Waals surface area contributed by atoms with Crippen LogP contribution in [0.15, 0.2) is 0 Å². The van der Waals surface area contributed by atoms with Crippen LogP contribution >= 0.6 is 0 Å². The smallest absolute Gasteiger partial charge is 0.0590 e. The Morgan fingerprint density at radius 3 is 0.192 bits per heavy atom. The molecule has 0 amide bonds. The molecule has 0 aliphatic rings. The van der Waals surface area contributed by atoms with Crippen LogP contribution in [0.25, 0.3) is 0 Å². The molecule has 0 heteroatoms. The minimum atomic E-state index is 1.25. The molecule has 0 fully saturated rings. The normalized spacial score (nSPS) is 5.77. The molecule has 0 bridgehead atoms. The molecular weight excluding hydrogens is 312 g/mol. The van der Waals surface area contributed by atoms with Gasteiger partial charge in [0.15, 0.2) is 0 Å². The topological polar surface area (TPSA) is 0 Å². The van der Waals surface area contributed by atoms with E-state index in [1.807, 2.05) is 13.8 Å². The van der Waals surface area contributed by atoms with Crippen molar-refractivity contribution >= 4 is 0 Å². The zero-order chi connectivity index (χ0) is 23.7. The minimum absolute atomic E-state index is 1.25. The second-order valence-corrected chi connectivity index (χ2v) is 5.66. The standard InChI is InChI=1S/8C3H8.C2H6/c8*1-3-2;1-2/h8*3H2,1-2H3;1-2H3. The van der Waals surface area contributed by atoms with Gasteiger partial charge in [0.05, 0.1) is 0 Å². The number of hydrogen-bond acceptors (Lipinski definition) is 0. The van der Waals surface area contributed by atoms with Gasteiger partial charge in [-0.15, -0.1) is 0 Å². The molecule has 0 aromatic heterocycles. The van der Waals surface area contributed by atoms with Crippen LogP contribution in [-0.4, -0.2) is 0 Å². The first-order valence-corrected chi connectivity index (χ1v) is 12.3. The molecule has 0 saturated carbocycles. The van der Waals surface area contributed by atoms with Crippen LogP contribution in [0.2, 0.25) is 0 Å². The first-order chi connectivity index (χ1) is 12.3. The van der Waals surface area contributed by atoms with Gasteiger partial charge in [-0.25, -0.2) is 0 Å². The van der Waals surface area contributed by atoms with Crippen LogP contribution < -0.4 is 0 Å². The molecule has 174 valence electrons. The Bertz CT molecular complexity index is 24.0. The van der Waals surface area contributed by atoms with Gasteiger partial charge in [-0.3, -0.25) is 0 Å². The Morgan fingerprint density at radius 1 is 0.192 bits per heavy atom. The summed E-state index contributed by atoms with van der Waals surface area (Å²) in [6.07, 6.45) is 10.0. The third kappa shape index (κ3) is 0. The fourth-order valence-electron chi connectivity index (χ4n) is 0. The number of hydrogen-bond donors (Lipinski definition) is 0. The summed E-state index contributed by atoms with van der Waals surface area (Å²) in [5, 5.41) is 0. The van der Waals surface area contributed by atoms with Crippen molar-refractivity contribution in [2.45, 2.75) is 176 Å². The quantitative estimate of drug-likeness (QED) is 0.390. The van der Waals surface area contributed by atoms with E-state index in [0.717, 1.165) is 0 Å². The maximum atomic E-state index is 2.12. The highest BCUT2D eigenvalue weighted by Gasteiger charge is 1.37. The lowest BCUT2D eigenvalue weighted by molar-refractivity contribution is 1.09. The van der Waals surface area contributed by atoms with Gasteiger partial charge in [-0.2, -0.15) is 0 Å². The summed E-state index contributed by atoms with van der Waals surface area (Å²) >= 11 is 0. The van der Waals surface area contributed by atoms with Gasteiger partial charge in [-0.1, -0.05) is 176 Å². The lowest BCUT2D eigenvalue weighted by Crippen LogP contribution is -1.27. The van der Waals surface area contributed by atoms with Crippen molar-refractivity contribution in [3.63, 3.8) is 0 Å². The maximum absolute atomic E-state index is 2.12. The van der Waals surface area contributed by atoms with E-state index >= 15 is 0 Å². The van der Waals surface area contributed by atoms with E-state index in [9.17, 15) is 0 Å². The molecule has 0 atom stereocenters. The fourth-order valence-corrected chi connectivity index (χ4v) is 0. The van der Waals surface area contributed by atoms with Crippen molar-refractivity contribution in [3.8, 4) is 0 Å². The summed E-state index contributed by atoms with van der Waals surface area (Å²) in [5.74, 6) is 0. The van der Waals surface area contributed by atoms with Gasteiger partial charge in [0.1, 0.15) is 0 Å². The van der Waals surface area contributed by atoms with Crippen LogP contribution in [0, 0.1) is 0 Å². The Kier molecular flexibility index (Phi) is 487. The van der Waals surface area contributed by atoms with E-state index in [-0.39, 0.29) is 0 Å². The third-order valence-corrected chi connectivity index (χ3v) is 0. The van der Waals surface area contributed by atoms with Crippen molar-refractivity contribution in [1.82, 2.24) is 0 Å². The molecule has 0 spiro atoms. The molecule has 0 nitrogen and oxygen atoms in total. The summed E-state index contributed by atoms with van der Waals surface area (Å²) in [6, 6.07) is 0. The van der Waals surface area contributed by atoms with Gasteiger partial charge in [0.25, 0.3) is 0 Å². The molecule has 0 aliphatic carbocycles. The minimum Gasteiger partial charge on any atom is -0.0683 e. The predicted octanol–water partition coefficient (Wildman–Crippen LogP) is 12.4. The van der Waals surface area contributed by atoms with Gasteiger partial charge >= 0.3 is 0 Å². The summed E-state index contributed by atoms with van der Waals surface area (Å²) in [6.45, 7) is 38.0. The summed E-state index contributed by atoms with van der Waals surface area (Å²) in [7, 11) is 0. The van der Waals surface area contributed by atoms with Crippen molar-refractivity contribution < 1.29 is 0 Å². The van der Waals surface area contributed by atoms with E-state index in [2.05, 4.69) is 111 Å². The van der Waals surface area contributed by atoms with Crippen LogP contribution in [-0.2, 0) is 0 Å². The zero-order valence-electron chi connectivity index (χ0n) is 23.7. The van der Waals surface area contributed by atoms with Crippen molar-refractivity contribution in [3.05, 3.63) is 0 Å². The molecule has 26 heavy (non-hydrogen) atoms. The van der Waals surface area contributed by atoms with E-state index < -0.39 is 0 Å². The Labute approximate surface area is 176 Å². The van der Waals surface area contributed by atoms with Gasteiger partial charge in [-0.05, 0) is 0 Å². The highest BCUT2D eigenvalue weighted by Crippen LogP contribution is 1.58. The maximum Gasteiger partial charge on any atom is -0.0590 e. The first kappa shape index (κ1) is 56.2. The van der Waals surface area contributed by atoms with Gasteiger partial charge < -0.3 is 0 Å². The summed E-state index contributed by atoms with van der Waals surface area (Å²) in [5.41, 5.74) is 0. The third-order valence-electron chi connectivity index (χ3n) is 0. The second-order valence-electron chi connectivity index (χ2n) is 5.66. The van der Waals surface area contributed by atoms with Crippen molar-refractivity contribution in [1.29, 1.82) is 0 Å². The lowest BCUT2D eigenvalue weighted by atomic mass is 10.6. The molecule has 0 aromatic carbocycles. The van der Waals surface area contributed by atoms with Crippen LogP contribution in [0.5, 0.6) is 0 Å².